The number of carbonyl (C=O) groups is 1. The van der Waals surface area contributed by atoms with E-state index in [9.17, 15) is 15.0 Å². The molecule has 0 saturated carbocycles. The van der Waals surface area contributed by atoms with Gasteiger partial charge in [-0.3, -0.25) is 4.79 Å². The van der Waals surface area contributed by atoms with Gasteiger partial charge in [0.1, 0.15) is 0 Å². The number of hydrogen-bond acceptors (Lipinski definition) is 4. The number of likely N-dealkylation sites (tertiary alicyclic amines) is 1. The number of aliphatic hydroxyl groups is 1. The molecule has 1 fully saturated rings. The van der Waals surface area contributed by atoms with Crippen LogP contribution in [0.2, 0.25) is 0 Å². The Bertz CT molecular complexity index is 447. The zero-order chi connectivity index (χ0) is 13.1. The van der Waals surface area contributed by atoms with Gasteiger partial charge >= 0.3 is 0 Å². The molecule has 18 heavy (non-hydrogen) atoms. The maximum atomic E-state index is 12.2. The number of amides is 1. The number of phenolic OH excluding ortho intramolecular Hbond substituents is 1. The fourth-order valence-electron chi connectivity index (χ4n) is 2.28. The van der Waals surface area contributed by atoms with Crippen molar-refractivity contribution in [3.8, 4) is 11.5 Å². The van der Waals surface area contributed by atoms with Crippen LogP contribution in [0.1, 0.15) is 23.2 Å². The number of phenols is 1. The largest absolute Gasteiger partial charge is 0.504 e. The second-order valence-electron chi connectivity index (χ2n) is 4.36. The molecule has 2 N–H and O–H groups in total. The highest BCUT2D eigenvalue weighted by atomic mass is 16.5. The fraction of sp³-hybridized carbons (Fsp3) is 0.462. The highest BCUT2D eigenvalue weighted by Gasteiger charge is 2.29. The summed E-state index contributed by atoms with van der Waals surface area (Å²) in [5, 5.41) is 18.9. The van der Waals surface area contributed by atoms with E-state index in [2.05, 4.69) is 0 Å². The molecule has 5 heteroatoms. The van der Waals surface area contributed by atoms with Crippen molar-refractivity contribution in [1.82, 2.24) is 4.90 Å². The van der Waals surface area contributed by atoms with E-state index in [1.165, 1.54) is 13.2 Å². The molecule has 1 amide bonds. The van der Waals surface area contributed by atoms with Gasteiger partial charge in [0.25, 0.3) is 5.91 Å². The lowest BCUT2D eigenvalue weighted by Crippen LogP contribution is -2.37. The number of ether oxygens (including phenoxy) is 1. The van der Waals surface area contributed by atoms with Crippen molar-refractivity contribution < 1.29 is 19.7 Å². The van der Waals surface area contributed by atoms with Gasteiger partial charge in [-0.1, -0.05) is 0 Å². The number of methoxy groups -OCH3 is 1. The Balaban J connectivity index is 2.21. The zero-order valence-electron chi connectivity index (χ0n) is 10.3. The molecule has 0 spiro atoms. The third-order valence-corrected chi connectivity index (χ3v) is 3.27. The molecule has 1 aliphatic heterocycles. The summed E-state index contributed by atoms with van der Waals surface area (Å²) in [4.78, 5) is 13.9. The van der Waals surface area contributed by atoms with Crippen molar-refractivity contribution >= 4 is 5.91 Å². The standard InChI is InChI=1S/C13H17NO4/c1-18-12-5-4-9(7-11(12)16)13(17)14-6-2-3-10(14)8-15/h4-5,7,10,15-16H,2-3,6,8H2,1H3/t10-/m0/s1. The monoisotopic (exact) mass is 251 g/mol. The van der Waals surface area contributed by atoms with E-state index < -0.39 is 0 Å². The average molecular weight is 251 g/mol. The van der Waals surface area contributed by atoms with Crippen LogP contribution in [0.4, 0.5) is 0 Å². The second-order valence-corrected chi connectivity index (χ2v) is 4.36. The minimum Gasteiger partial charge on any atom is -0.504 e. The first-order chi connectivity index (χ1) is 8.67. The summed E-state index contributed by atoms with van der Waals surface area (Å²) in [7, 11) is 1.46. The van der Waals surface area contributed by atoms with E-state index >= 15 is 0 Å². The van der Waals surface area contributed by atoms with Crippen LogP contribution in [0.3, 0.4) is 0 Å². The molecule has 0 unspecified atom stereocenters. The Kier molecular flexibility index (Phi) is 3.72. The first-order valence-corrected chi connectivity index (χ1v) is 5.96. The summed E-state index contributed by atoms with van der Waals surface area (Å²) in [6, 6.07) is 4.47. The lowest BCUT2D eigenvalue weighted by Gasteiger charge is -2.23. The van der Waals surface area contributed by atoms with E-state index in [1.807, 2.05) is 0 Å². The van der Waals surface area contributed by atoms with Crippen LogP contribution in [-0.2, 0) is 0 Å². The summed E-state index contributed by atoms with van der Waals surface area (Å²) < 4.78 is 4.93. The number of rotatable bonds is 3. The van der Waals surface area contributed by atoms with Crippen LogP contribution in [-0.4, -0.2) is 47.3 Å². The molecule has 1 aromatic rings. The van der Waals surface area contributed by atoms with Gasteiger partial charge in [-0.15, -0.1) is 0 Å². The highest BCUT2D eigenvalue weighted by molar-refractivity contribution is 5.95. The predicted molar refractivity (Wildman–Crippen MR) is 65.8 cm³/mol. The third-order valence-electron chi connectivity index (χ3n) is 3.27. The Hall–Kier alpha value is -1.75. The maximum Gasteiger partial charge on any atom is 0.254 e. The lowest BCUT2D eigenvalue weighted by molar-refractivity contribution is 0.0677. The van der Waals surface area contributed by atoms with Crippen molar-refractivity contribution in [2.75, 3.05) is 20.3 Å². The summed E-state index contributed by atoms with van der Waals surface area (Å²) in [6.45, 7) is 0.630. The smallest absolute Gasteiger partial charge is 0.254 e. The molecule has 1 aromatic carbocycles. The van der Waals surface area contributed by atoms with Crippen LogP contribution < -0.4 is 4.74 Å². The van der Waals surface area contributed by atoms with Crippen molar-refractivity contribution in [2.45, 2.75) is 18.9 Å². The summed E-state index contributed by atoms with van der Waals surface area (Å²) in [6.07, 6.45) is 1.73. The first kappa shape index (κ1) is 12.7. The molecule has 1 atom stereocenters. The molecule has 1 aliphatic rings. The zero-order valence-corrected chi connectivity index (χ0v) is 10.3. The third kappa shape index (κ3) is 2.26. The van der Waals surface area contributed by atoms with Gasteiger partial charge < -0.3 is 19.8 Å². The molecule has 0 aliphatic carbocycles. The molecule has 98 valence electrons. The van der Waals surface area contributed by atoms with E-state index in [-0.39, 0.29) is 24.3 Å². The van der Waals surface area contributed by atoms with Crippen molar-refractivity contribution in [1.29, 1.82) is 0 Å². The molecule has 0 radical (unpaired) electrons. The normalized spacial score (nSPS) is 19.0. The average Bonchev–Trinajstić information content (AvgIpc) is 2.86. The topological polar surface area (TPSA) is 70.0 Å². The summed E-state index contributed by atoms with van der Waals surface area (Å²) in [5.74, 6) is 0.124. The molecular weight excluding hydrogens is 234 g/mol. The second kappa shape index (κ2) is 5.27. The number of hydrogen-bond donors (Lipinski definition) is 2. The minimum absolute atomic E-state index is 0.0200. The number of aliphatic hydroxyl groups excluding tert-OH is 1. The molecule has 2 rings (SSSR count). The summed E-state index contributed by atoms with van der Waals surface area (Å²) >= 11 is 0. The summed E-state index contributed by atoms with van der Waals surface area (Å²) in [5.41, 5.74) is 0.411. The van der Waals surface area contributed by atoms with Gasteiger partial charge in [0.05, 0.1) is 19.8 Å². The van der Waals surface area contributed by atoms with E-state index in [0.717, 1.165) is 12.8 Å². The van der Waals surface area contributed by atoms with Crippen LogP contribution >= 0.6 is 0 Å². The van der Waals surface area contributed by atoms with Gasteiger partial charge in [0.15, 0.2) is 11.5 Å². The Labute approximate surface area is 106 Å². The fourth-order valence-corrected chi connectivity index (χ4v) is 2.28. The quantitative estimate of drug-likeness (QED) is 0.840. The maximum absolute atomic E-state index is 12.2. The number of aromatic hydroxyl groups is 1. The molecule has 1 heterocycles. The Morgan fingerprint density at radius 2 is 2.33 bits per heavy atom. The lowest BCUT2D eigenvalue weighted by atomic mass is 10.1. The highest BCUT2D eigenvalue weighted by Crippen LogP contribution is 2.28. The Morgan fingerprint density at radius 3 is 2.94 bits per heavy atom. The number of carbonyl (C=O) groups excluding carboxylic acids is 1. The minimum atomic E-state index is -0.162. The van der Waals surface area contributed by atoms with Gasteiger partial charge in [0.2, 0.25) is 0 Å². The Morgan fingerprint density at radius 1 is 1.56 bits per heavy atom. The number of benzene rings is 1. The van der Waals surface area contributed by atoms with Gasteiger partial charge in [-0.25, -0.2) is 0 Å². The molecule has 0 bridgehead atoms. The SMILES string of the molecule is COc1ccc(C(=O)N2CCC[C@H]2CO)cc1O. The van der Waals surface area contributed by atoms with Crippen LogP contribution in [0.15, 0.2) is 18.2 Å². The van der Waals surface area contributed by atoms with Gasteiger partial charge in [-0.2, -0.15) is 0 Å². The number of nitrogens with zero attached hydrogens (tertiary/aromatic N) is 1. The van der Waals surface area contributed by atoms with Crippen molar-refractivity contribution in [3.63, 3.8) is 0 Å². The van der Waals surface area contributed by atoms with Crippen LogP contribution in [0.25, 0.3) is 0 Å². The van der Waals surface area contributed by atoms with Gasteiger partial charge in [-0.05, 0) is 31.0 Å². The molecular formula is C13H17NO4. The molecule has 5 nitrogen and oxygen atoms in total. The van der Waals surface area contributed by atoms with Gasteiger partial charge in [0, 0.05) is 12.1 Å². The van der Waals surface area contributed by atoms with Crippen LogP contribution in [0, 0.1) is 0 Å². The molecule has 0 aromatic heterocycles. The van der Waals surface area contributed by atoms with E-state index in [4.69, 9.17) is 4.74 Å². The predicted octanol–water partition coefficient (Wildman–Crippen LogP) is 0.998. The van der Waals surface area contributed by atoms with Crippen LogP contribution in [0.5, 0.6) is 11.5 Å². The van der Waals surface area contributed by atoms with E-state index in [1.54, 1.807) is 17.0 Å². The first-order valence-electron chi connectivity index (χ1n) is 5.96. The van der Waals surface area contributed by atoms with Crippen molar-refractivity contribution in [2.24, 2.45) is 0 Å². The molecule has 1 saturated heterocycles. The van der Waals surface area contributed by atoms with Crippen molar-refractivity contribution in [3.05, 3.63) is 23.8 Å². The van der Waals surface area contributed by atoms with E-state index in [0.29, 0.717) is 17.9 Å².